The number of nitrogens with zero attached hydrogens (tertiary/aromatic N) is 1. The number of aliphatic carboxylic acids is 1. The van der Waals surface area contributed by atoms with Gasteiger partial charge in [0.1, 0.15) is 31.1 Å². The molecule has 2 rings (SSSR count). The summed E-state index contributed by atoms with van der Waals surface area (Å²) in [5.41, 5.74) is 0. The van der Waals surface area contributed by atoms with Gasteiger partial charge >= 0.3 is 23.8 Å². The zero-order chi connectivity index (χ0) is 28.2. The first-order valence-corrected chi connectivity index (χ1v) is 15.3. The van der Waals surface area contributed by atoms with Gasteiger partial charge in [-0.05, 0) is 9.83 Å². The van der Waals surface area contributed by atoms with Gasteiger partial charge in [-0.15, -0.1) is 0 Å². The lowest BCUT2D eigenvalue weighted by Crippen LogP contribution is -2.68. The third-order valence-corrected chi connectivity index (χ3v) is 9.67. The van der Waals surface area contributed by atoms with Gasteiger partial charge in [-0.3, -0.25) is 28.8 Å². The number of aliphatic hydroxyl groups excluding tert-OH is 3. The molecule has 4 amide bonds. The van der Waals surface area contributed by atoms with Crippen LogP contribution in [-0.4, -0.2) is 123 Å². The molecule has 2 heterocycles. The molecule has 2 saturated heterocycles. The lowest BCUT2D eigenvalue weighted by molar-refractivity contribution is -0.181. The van der Waals surface area contributed by atoms with Gasteiger partial charge < -0.3 is 46.0 Å². The Balaban J connectivity index is 1.52. The van der Waals surface area contributed by atoms with Crippen LogP contribution in [0.5, 0.6) is 0 Å². The van der Waals surface area contributed by atoms with Crippen LogP contribution < -0.4 is 16.0 Å². The Morgan fingerprint density at radius 3 is 2.11 bits per heavy atom. The summed E-state index contributed by atoms with van der Waals surface area (Å²) in [5.74, 6) is -3.39. The van der Waals surface area contributed by atoms with Crippen LogP contribution in [0.1, 0.15) is 25.7 Å². The maximum Gasteiger partial charge on any atom is 0.314 e. The molecule has 214 valence electrons. The number of amides is 4. The molecule has 18 heteroatoms. The average Bonchev–Trinajstić information content (AvgIpc) is 3.17. The highest BCUT2D eigenvalue weighted by atomic mass is 33.5. The minimum atomic E-state index is -1.64. The van der Waals surface area contributed by atoms with E-state index in [9.17, 15) is 44.1 Å². The van der Waals surface area contributed by atoms with Gasteiger partial charge in [-0.2, -0.15) is 0 Å². The molecule has 2 aliphatic rings. The Labute approximate surface area is 228 Å². The Morgan fingerprint density at radius 1 is 0.868 bits per heavy atom. The van der Waals surface area contributed by atoms with E-state index in [1.807, 2.05) is 0 Å². The first-order chi connectivity index (χ1) is 18.0. The van der Waals surface area contributed by atoms with Crippen LogP contribution in [0.25, 0.3) is 0 Å². The summed E-state index contributed by atoms with van der Waals surface area (Å²) in [4.78, 5) is 70.2. The lowest BCUT2D eigenvalue weighted by atomic mass is 9.92. The van der Waals surface area contributed by atoms with Gasteiger partial charge in [0.2, 0.25) is 11.8 Å². The summed E-state index contributed by atoms with van der Waals surface area (Å²) in [5, 5.41) is 46.1. The fourth-order valence-electron chi connectivity index (χ4n) is 3.49. The number of esters is 1. The third kappa shape index (κ3) is 9.81. The van der Waals surface area contributed by atoms with Crippen LogP contribution in [0.3, 0.4) is 0 Å². The molecule has 0 unspecified atom stereocenters. The topological polar surface area (TPSA) is 232 Å². The third-order valence-electron chi connectivity index (χ3n) is 5.43. The van der Waals surface area contributed by atoms with Crippen molar-refractivity contribution in [2.24, 2.45) is 0 Å². The summed E-state index contributed by atoms with van der Waals surface area (Å²) < 4.78 is 5.11. The van der Waals surface area contributed by atoms with Gasteiger partial charge in [0, 0.05) is 37.4 Å². The highest BCUT2D eigenvalue weighted by Crippen LogP contribution is 2.35. The number of nitrogens with one attached hydrogen (secondary N) is 3. The van der Waals surface area contributed by atoms with Crippen molar-refractivity contribution < 1.29 is 53.9 Å². The number of rotatable bonds is 16. The van der Waals surface area contributed by atoms with E-state index in [1.165, 1.54) is 31.4 Å². The van der Waals surface area contributed by atoms with E-state index in [2.05, 4.69) is 16.0 Å². The first kappa shape index (κ1) is 32.0. The molecule has 2 fully saturated rings. The molecule has 0 aromatic heterocycles. The molecule has 0 radical (unpaired) electrons. The maximum atomic E-state index is 12.1. The molecule has 0 aromatic carbocycles. The van der Waals surface area contributed by atoms with E-state index in [1.54, 1.807) is 0 Å². The summed E-state index contributed by atoms with van der Waals surface area (Å²) in [6, 6.07) is -1.20. The molecule has 5 atom stereocenters. The fraction of sp³-hybridized carbons (Fsp3) is 0.700. The van der Waals surface area contributed by atoms with Crippen molar-refractivity contribution in [1.82, 2.24) is 20.9 Å². The van der Waals surface area contributed by atoms with Crippen molar-refractivity contribution in [3.63, 3.8) is 0 Å². The fourth-order valence-corrected chi connectivity index (χ4v) is 7.16. The Morgan fingerprint density at radius 2 is 1.47 bits per heavy atom. The number of fused-ring (bicyclic) bond motifs is 1. The number of hydrogen-bond acceptors (Lipinski definition) is 13. The zero-order valence-corrected chi connectivity index (χ0v) is 22.5. The van der Waals surface area contributed by atoms with Crippen molar-refractivity contribution in [2.45, 2.75) is 56.2 Å². The number of carboxylic acids is 1. The second kappa shape index (κ2) is 16.0. The molecule has 0 saturated carbocycles. The first-order valence-electron chi connectivity index (χ1n) is 11.5. The molecule has 7 N–H and O–H groups in total. The van der Waals surface area contributed by atoms with Gasteiger partial charge in [0.05, 0.1) is 18.9 Å². The minimum Gasteiger partial charge on any atom is -0.481 e. The number of hydrogen-bond donors (Lipinski definition) is 7. The monoisotopic (exact) mass is 598 g/mol. The molecule has 15 nitrogen and oxygen atoms in total. The van der Waals surface area contributed by atoms with Gasteiger partial charge in [-0.25, -0.2) is 0 Å². The van der Waals surface area contributed by atoms with E-state index < -0.39 is 66.8 Å². The normalized spacial score (nSPS) is 24.4. The van der Waals surface area contributed by atoms with Crippen LogP contribution in [0.15, 0.2) is 0 Å². The highest BCUT2D eigenvalue weighted by Gasteiger charge is 2.55. The van der Waals surface area contributed by atoms with Crippen LogP contribution in [0, 0.1) is 0 Å². The predicted octanol–water partition coefficient (Wildman–Crippen LogP) is -2.81. The number of ether oxygens (including phenoxy) is 1. The number of piperidine rings is 1. The van der Waals surface area contributed by atoms with Gasteiger partial charge in [-0.1, -0.05) is 21.6 Å². The molecular weight excluding hydrogens is 568 g/mol. The van der Waals surface area contributed by atoms with Crippen molar-refractivity contribution >= 4 is 67.0 Å². The highest BCUT2D eigenvalue weighted by molar-refractivity contribution is 9.09. The van der Waals surface area contributed by atoms with Gasteiger partial charge in [0.15, 0.2) is 0 Å². The number of carbonyl (C=O) groups excluding carboxylic acids is 5. The summed E-state index contributed by atoms with van der Waals surface area (Å²) in [6.07, 6.45) is -6.19. The Bertz CT molecular complexity index is 896. The maximum absolute atomic E-state index is 12.1. The Hall–Kier alpha value is -2.25. The second-order valence-electron chi connectivity index (χ2n) is 8.16. The largest absolute Gasteiger partial charge is 0.481 e. The van der Waals surface area contributed by atoms with E-state index in [4.69, 9.17) is 9.84 Å². The quantitative estimate of drug-likeness (QED) is 0.0411. The zero-order valence-electron chi connectivity index (χ0n) is 20.1. The molecule has 0 aliphatic carbocycles. The standard InChI is InChI=1S/C20H30N4O11S3/c25-11(1-2-13(27)28)21-5-6-22-12(26)3-7-36-38-37-8-4-14(29)35-9-10-15(30)16(31)17(32)18-23-19(33)20(34)24(10)18/h10,15-18,30-32H,1-9H2,(H,21,25)(H,22,26)(H,23,33)(H,27,28)/t10-,15-,16+,17+,18+/m1/s1. The summed E-state index contributed by atoms with van der Waals surface area (Å²) in [6.45, 7) is -0.0397. The number of carboxylic acid groups (broad SMARTS) is 1. The lowest BCUT2D eigenvalue weighted by Gasteiger charge is -2.44. The molecule has 0 spiro atoms. The van der Waals surface area contributed by atoms with E-state index in [0.717, 1.165) is 4.90 Å². The van der Waals surface area contributed by atoms with Crippen molar-refractivity contribution in [3.05, 3.63) is 0 Å². The van der Waals surface area contributed by atoms with E-state index in [0.29, 0.717) is 11.5 Å². The van der Waals surface area contributed by atoms with Crippen LogP contribution in [-0.2, 0) is 33.5 Å². The number of aliphatic hydroxyl groups is 3. The van der Waals surface area contributed by atoms with Crippen LogP contribution >= 0.6 is 31.4 Å². The SMILES string of the molecule is O=C(O)CCC(=O)NCCNC(=O)CCSSSCCC(=O)OC[C@@H]1[C@@H](O)[C@H](O)[C@H](O)[C@H]2NC(=O)C(=O)N12. The van der Waals surface area contributed by atoms with Crippen LogP contribution in [0.4, 0.5) is 0 Å². The van der Waals surface area contributed by atoms with Crippen molar-refractivity contribution in [2.75, 3.05) is 31.2 Å². The van der Waals surface area contributed by atoms with E-state index in [-0.39, 0.29) is 44.7 Å². The number of carbonyl (C=O) groups is 6. The summed E-state index contributed by atoms with van der Waals surface area (Å²) >= 11 is 0. The Kier molecular flexibility index (Phi) is 13.5. The summed E-state index contributed by atoms with van der Waals surface area (Å²) in [7, 11) is 4.15. The minimum absolute atomic E-state index is 0.0133. The smallest absolute Gasteiger partial charge is 0.314 e. The predicted molar refractivity (Wildman–Crippen MR) is 136 cm³/mol. The molecule has 0 bridgehead atoms. The van der Waals surface area contributed by atoms with Gasteiger partial charge in [0.25, 0.3) is 0 Å². The molecule has 38 heavy (non-hydrogen) atoms. The van der Waals surface area contributed by atoms with Crippen LogP contribution in [0.2, 0.25) is 0 Å². The molecule has 0 aromatic rings. The average molecular weight is 599 g/mol. The second-order valence-corrected chi connectivity index (χ2v) is 12.6. The molecule has 2 aliphatic heterocycles. The van der Waals surface area contributed by atoms with E-state index >= 15 is 0 Å². The van der Waals surface area contributed by atoms with Crippen molar-refractivity contribution in [1.29, 1.82) is 0 Å². The van der Waals surface area contributed by atoms with Crippen molar-refractivity contribution in [3.8, 4) is 0 Å². The molecular formula is C20H30N4O11S3.